The summed E-state index contributed by atoms with van der Waals surface area (Å²) in [6.07, 6.45) is 10.3. The van der Waals surface area contributed by atoms with Crippen LogP contribution in [0.3, 0.4) is 0 Å². The molecule has 4 heteroatoms. The monoisotopic (exact) mass is 390 g/mol. The molecule has 0 saturated heterocycles. The Morgan fingerprint density at radius 2 is 1.79 bits per heavy atom. The number of ether oxygens (including phenoxy) is 1. The number of benzene rings is 2. The van der Waals surface area contributed by atoms with Crippen molar-refractivity contribution in [2.75, 3.05) is 6.61 Å². The van der Waals surface area contributed by atoms with Crippen molar-refractivity contribution in [1.82, 2.24) is 0 Å². The van der Waals surface area contributed by atoms with E-state index >= 15 is 0 Å². The van der Waals surface area contributed by atoms with Gasteiger partial charge in [0.1, 0.15) is 6.61 Å². The number of halogens is 3. The van der Waals surface area contributed by atoms with Gasteiger partial charge in [0.2, 0.25) is 0 Å². The molecule has 1 nitrogen and oxygen atoms in total. The van der Waals surface area contributed by atoms with Crippen LogP contribution in [0.1, 0.15) is 69.8 Å². The average molecular weight is 390 g/mol. The van der Waals surface area contributed by atoms with E-state index in [1.165, 1.54) is 37.8 Å². The van der Waals surface area contributed by atoms with Crippen LogP contribution in [0.25, 0.3) is 10.8 Å². The van der Waals surface area contributed by atoms with Crippen molar-refractivity contribution in [3.05, 3.63) is 53.9 Å². The summed E-state index contributed by atoms with van der Waals surface area (Å²) < 4.78 is 49.4. The first-order valence-corrected chi connectivity index (χ1v) is 10.4. The molecule has 0 aliphatic heterocycles. The molecule has 1 fully saturated rings. The Hall–Kier alpha value is -1.97. The highest BCUT2D eigenvalue weighted by atomic mass is 19.2. The van der Waals surface area contributed by atoms with Crippen molar-refractivity contribution < 1.29 is 17.9 Å². The topological polar surface area (TPSA) is 9.23 Å². The Kier molecular flexibility index (Phi) is 7.03. The third-order valence-electron chi connectivity index (χ3n) is 5.97. The van der Waals surface area contributed by atoms with E-state index in [9.17, 15) is 13.2 Å². The predicted octanol–water partition coefficient (Wildman–Crippen LogP) is 7.68. The van der Waals surface area contributed by atoms with Gasteiger partial charge in [-0.15, -0.1) is 0 Å². The van der Waals surface area contributed by atoms with Gasteiger partial charge >= 0.3 is 0 Å². The first-order valence-electron chi connectivity index (χ1n) is 10.4. The molecule has 1 aliphatic carbocycles. The Bertz CT molecular complexity index is 822. The summed E-state index contributed by atoms with van der Waals surface area (Å²) in [5, 5.41) is 0.0403. The lowest BCUT2D eigenvalue weighted by atomic mass is 9.76. The van der Waals surface area contributed by atoms with Gasteiger partial charge in [-0.2, -0.15) is 0 Å². The van der Waals surface area contributed by atoms with Crippen LogP contribution >= 0.6 is 0 Å². The molecule has 2 aromatic carbocycles. The number of rotatable bonds is 8. The zero-order valence-electron chi connectivity index (χ0n) is 16.6. The minimum atomic E-state index is -1.11. The number of fused-ring (bicyclic) bond motifs is 1. The molecule has 2 aromatic rings. The van der Waals surface area contributed by atoms with Crippen molar-refractivity contribution in [2.24, 2.45) is 5.92 Å². The lowest BCUT2D eigenvalue weighted by Gasteiger charge is -2.29. The van der Waals surface area contributed by atoms with E-state index in [2.05, 4.69) is 13.5 Å². The number of unbranched alkanes of at least 4 members (excludes halogenated alkanes) is 2. The van der Waals surface area contributed by atoms with Crippen LogP contribution in [-0.4, -0.2) is 6.61 Å². The fraction of sp³-hybridized carbons (Fsp3) is 0.500. The molecular formula is C24H29F3O. The van der Waals surface area contributed by atoms with Crippen LogP contribution in [0.15, 0.2) is 30.9 Å². The summed E-state index contributed by atoms with van der Waals surface area (Å²) in [5.41, 5.74) is 0.385. The molecule has 0 atom stereocenters. The highest BCUT2D eigenvalue weighted by Gasteiger charge is 2.27. The second-order valence-electron chi connectivity index (χ2n) is 7.88. The van der Waals surface area contributed by atoms with E-state index in [0.29, 0.717) is 16.9 Å². The zero-order chi connectivity index (χ0) is 20.1. The van der Waals surface area contributed by atoms with Gasteiger partial charge in [0.05, 0.1) is 5.39 Å². The summed E-state index contributed by atoms with van der Waals surface area (Å²) in [6, 6.07) is 4.68. The largest absolute Gasteiger partial charge is 0.486 e. The zero-order valence-corrected chi connectivity index (χ0v) is 16.6. The summed E-state index contributed by atoms with van der Waals surface area (Å²) in [7, 11) is 0. The number of hydrogen-bond acceptors (Lipinski definition) is 1. The molecule has 3 rings (SSSR count). The summed E-state index contributed by atoms with van der Waals surface area (Å²) in [4.78, 5) is 0. The van der Waals surface area contributed by atoms with Crippen LogP contribution in [0.5, 0.6) is 5.75 Å². The van der Waals surface area contributed by atoms with Gasteiger partial charge < -0.3 is 4.74 Å². The van der Waals surface area contributed by atoms with Crippen LogP contribution in [0.4, 0.5) is 13.2 Å². The van der Waals surface area contributed by atoms with Crippen molar-refractivity contribution >= 4 is 10.8 Å². The van der Waals surface area contributed by atoms with Crippen LogP contribution in [0, 0.1) is 23.4 Å². The lowest BCUT2D eigenvalue weighted by molar-refractivity contribution is 0.298. The van der Waals surface area contributed by atoms with Gasteiger partial charge in [0.25, 0.3) is 0 Å². The molecule has 1 aliphatic rings. The second kappa shape index (κ2) is 9.49. The van der Waals surface area contributed by atoms with Gasteiger partial charge in [0.15, 0.2) is 23.2 Å². The van der Waals surface area contributed by atoms with Crippen LogP contribution in [0.2, 0.25) is 0 Å². The molecule has 0 radical (unpaired) electrons. The third kappa shape index (κ3) is 4.37. The highest BCUT2D eigenvalue weighted by Crippen LogP contribution is 2.41. The van der Waals surface area contributed by atoms with Crippen molar-refractivity contribution in [1.29, 1.82) is 0 Å². The smallest absolute Gasteiger partial charge is 0.175 e. The first-order chi connectivity index (χ1) is 13.6. The number of hydrogen-bond donors (Lipinski definition) is 0. The molecule has 0 spiro atoms. The maximum atomic E-state index is 14.8. The molecule has 152 valence electrons. The van der Waals surface area contributed by atoms with Gasteiger partial charge in [-0.25, -0.2) is 13.2 Å². The second-order valence-corrected chi connectivity index (χ2v) is 7.88. The van der Waals surface area contributed by atoms with E-state index in [1.54, 1.807) is 12.1 Å². The van der Waals surface area contributed by atoms with E-state index < -0.39 is 17.5 Å². The molecule has 0 heterocycles. The van der Waals surface area contributed by atoms with Crippen molar-refractivity contribution in [3.8, 4) is 5.75 Å². The van der Waals surface area contributed by atoms with Crippen LogP contribution in [-0.2, 0) is 0 Å². The molecule has 0 bridgehead atoms. The van der Waals surface area contributed by atoms with Gasteiger partial charge in [-0.3, -0.25) is 0 Å². The summed E-state index contributed by atoms with van der Waals surface area (Å²) in [5.74, 6) is -2.28. The molecule has 1 saturated carbocycles. The molecule has 0 aromatic heterocycles. The molecule has 0 unspecified atom stereocenters. The van der Waals surface area contributed by atoms with Gasteiger partial charge in [-0.1, -0.05) is 51.3 Å². The Morgan fingerprint density at radius 1 is 1.04 bits per heavy atom. The maximum Gasteiger partial charge on any atom is 0.175 e. The van der Waals surface area contributed by atoms with Gasteiger partial charge in [0, 0.05) is 0 Å². The van der Waals surface area contributed by atoms with E-state index in [-0.39, 0.29) is 23.7 Å². The SMILES string of the molecule is C=CCOc1ccc2cc(C3CCC(CCCCC)CC3)c(F)c(F)c2c1F. The normalized spacial score (nSPS) is 19.7. The van der Waals surface area contributed by atoms with Crippen LogP contribution < -0.4 is 4.74 Å². The molecular weight excluding hydrogens is 361 g/mol. The molecule has 28 heavy (non-hydrogen) atoms. The van der Waals surface area contributed by atoms with E-state index in [1.807, 2.05) is 0 Å². The third-order valence-corrected chi connectivity index (χ3v) is 5.97. The minimum Gasteiger partial charge on any atom is -0.486 e. The van der Waals surface area contributed by atoms with E-state index in [4.69, 9.17) is 4.74 Å². The summed E-state index contributed by atoms with van der Waals surface area (Å²) in [6.45, 7) is 5.81. The first kappa shape index (κ1) is 20.8. The van der Waals surface area contributed by atoms with Crippen molar-refractivity contribution in [2.45, 2.75) is 64.2 Å². The fourth-order valence-corrected chi connectivity index (χ4v) is 4.38. The Labute approximate surface area is 165 Å². The maximum absolute atomic E-state index is 14.8. The fourth-order valence-electron chi connectivity index (χ4n) is 4.38. The lowest BCUT2D eigenvalue weighted by Crippen LogP contribution is -2.15. The van der Waals surface area contributed by atoms with Crippen molar-refractivity contribution in [3.63, 3.8) is 0 Å². The van der Waals surface area contributed by atoms with E-state index in [0.717, 1.165) is 25.7 Å². The highest BCUT2D eigenvalue weighted by molar-refractivity contribution is 5.86. The minimum absolute atomic E-state index is 0.000999. The van der Waals surface area contributed by atoms with Gasteiger partial charge in [-0.05, 0) is 60.6 Å². The molecule has 0 N–H and O–H groups in total. The quantitative estimate of drug-likeness (QED) is 0.332. The predicted molar refractivity (Wildman–Crippen MR) is 108 cm³/mol. The average Bonchev–Trinajstić information content (AvgIpc) is 2.71. The Balaban J connectivity index is 1.82. The molecule has 0 amide bonds. The Morgan fingerprint density at radius 3 is 2.46 bits per heavy atom. The summed E-state index contributed by atoms with van der Waals surface area (Å²) >= 11 is 0. The standard InChI is InChI=1S/C24H29F3O/c1-3-5-6-7-16-8-10-17(11-9-16)19-15-18-12-13-20(28-14-4-2)23(26)21(18)24(27)22(19)25/h4,12-13,15-17H,2-3,5-11,14H2,1H3.